The SMILES string of the molecule is C[C@@H]1C(=O)NCCN1C(=O)N[C@@H](c1ccc(OC(F)(F)F)c(Cl)c1)c1cnc(C(F)(F)F)c(Cl)c1. The van der Waals surface area contributed by atoms with Crippen molar-refractivity contribution in [1.29, 1.82) is 0 Å². The monoisotopic (exact) mass is 544 g/mol. The molecule has 3 amide bonds. The number of carbonyl (C=O) groups excluding carboxylic acids is 2. The van der Waals surface area contributed by atoms with Crippen LogP contribution in [-0.2, 0) is 11.0 Å². The first kappa shape index (κ1) is 26.7. The van der Waals surface area contributed by atoms with Gasteiger partial charge in [-0.3, -0.25) is 4.79 Å². The maximum Gasteiger partial charge on any atom is 0.573 e. The normalized spacial score (nSPS) is 17.6. The molecule has 0 bridgehead atoms. The van der Waals surface area contributed by atoms with Crippen molar-refractivity contribution in [2.24, 2.45) is 0 Å². The van der Waals surface area contributed by atoms with Gasteiger partial charge in [0.15, 0.2) is 5.69 Å². The molecule has 1 aliphatic rings. The first-order chi connectivity index (χ1) is 16.2. The average Bonchev–Trinajstić information content (AvgIpc) is 2.73. The molecule has 2 N–H and O–H groups in total. The molecule has 1 aliphatic heterocycles. The van der Waals surface area contributed by atoms with Crippen LogP contribution >= 0.6 is 23.2 Å². The molecule has 1 fully saturated rings. The molecule has 2 aromatic rings. The number of hydrogen-bond acceptors (Lipinski definition) is 4. The van der Waals surface area contributed by atoms with Crippen LogP contribution in [-0.4, -0.2) is 47.3 Å². The summed E-state index contributed by atoms with van der Waals surface area (Å²) in [5, 5.41) is 3.89. The van der Waals surface area contributed by atoms with E-state index < -0.39 is 58.0 Å². The highest BCUT2D eigenvalue weighted by molar-refractivity contribution is 6.32. The Morgan fingerprint density at radius 3 is 2.40 bits per heavy atom. The Bertz CT molecular complexity index is 1130. The van der Waals surface area contributed by atoms with E-state index in [1.807, 2.05) is 0 Å². The van der Waals surface area contributed by atoms with Gasteiger partial charge >= 0.3 is 18.6 Å². The summed E-state index contributed by atoms with van der Waals surface area (Å²) >= 11 is 11.7. The number of alkyl halides is 6. The summed E-state index contributed by atoms with van der Waals surface area (Å²) < 4.78 is 80.8. The molecule has 1 saturated heterocycles. The number of nitrogens with one attached hydrogen (secondary N) is 2. The lowest BCUT2D eigenvalue weighted by Gasteiger charge is -2.34. The number of ether oxygens (including phenoxy) is 1. The van der Waals surface area contributed by atoms with Gasteiger partial charge in [0, 0.05) is 19.3 Å². The lowest BCUT2D eigenvalue weighted by atomic mass is 9.99. The lowest BCUT2D eigenvalue weighted by molar-refractivity contribution is -0.274. The van der Waals surface area contributed by atoms with Crippen molar-refractivity contribution in [3.05, 3.63) is 57.3 Å². The number of carbonyl (C=O) groups is 2. The van der Waals surface area contributed by atoms with E-state index >= 15 is 0 Å². The molecule has 190 valence electrons. The van der Waals surface area contributed by atoms with Crippen LogP contribution in [0.3, 0.4) is 0 Å². The fourth-order valence-corrected chi connectivity index (χ4v) is 3.86. The Morgan fingerprint density at radius 2 is 1.83 bits per heavy atom. The highest BCUT2D eigenvalue weighted by atomic mass is 35.5. The van der Waals surface area contributed by atoms with Crippen molar-refractivity contribution in [2.45, 2.75) is 31.5 Å². The molecule has 1 aromatic heterocycles. The largest absolute Gasteiger partial charge is 0.573 e. The first-order valence-corrected chi connectivity index (χ1v) is 10.6. The summed E-state index contributed by atoms with van der Waals surface area (Å²) in [4.78, 5) is 29.4. The van der Waals surface area contributed by atoms with Gasteiger partial charge in [-0.1, -0.05) is 29.3 Å². The maximum absolute atomic E-state index is 13.1. The van der Waals surface area contributed by atoms with Gasteiger partial charge in [0.25, 0.3) is 0 Å². The number of urea groups is 1. The minimum atomic E-state index is -5.02. The number of halogens is 8. The molecule has 0 unspecified atom stereocenters. The highest BCUT2D eigenvalue weighted by Crippen LogP contribution is 2.37. The van der Waals surface area contributed by atoms with Crippen molar-refractivity contribution in [3.63, 3.8) is 0 Å². The van der Waals surface area contributed by atoms with E-state index in [0.29, 0.717) is 0 Å². The van der Waals surface area contributed by atoms with Crippen LogP contribution in [0.4, 0.5) is 31.1 Å². The second-order valence-corrected chi connectivity index (χ2v) is 8.19. The summed E-state index contributed by atoms with van der Waals surface area (Å²) in [7, 11) is 0. The molecule has 0 saturated carbocycles. The van der Waals surface area contributed by atoms with Gasteiger partial charge in [-0.15, -0.1) is 13.2 Å². The zero-order valence-electron chi connectivity index (χ0n) is 17.6. The van der Waals surface area contributed by atoms with Crippen molar-refractivity contribution in [2.75, 3.05) is 13.1 Å². The molecular weight excluding hydrogens is 529 g/mol. The maximum atomic E-state index is 13.1. The third-order valence-electron chi connectivity index (χ3n) is 5.01. The predicted octanol–water partition coefficient (Wildman–Crippen LogP) is 4.93. The molecule has 2 atom stereocenters. The summed E-state index contributed by atoms with van der Waals surface area (Å²) in [5.41, 5.74) is -1.29. The number of nitrogens with zero attached hydrogens (tertiary/aromatic N) is 2. The third-order valence-corrected chi connectivity index (χ3v) is 5.59. The van der Waals surface area contributed by atoms with Crippen molar-refractivity contribution in [3.8, 4) is 5.75 Å². The van der Waals surface area contributed by atoms with Gasteiger partial charge in [0.1, 0.15) is 11.8 Å². The second-order valence-electron chi connectivity index (χ2n) is 7.38. The van der Waals surface area contributed by atoms with E-state index in [9.17, 15) is 35.9 Å². The van der Waals surface area contributed by atoms with Gasteiger partial charge in [-0.05, 0) is 36.2 Å². The van der Waals surface area contributed by atoms with Crippen molar-refractivity contribution in [1.82, 2.24) is 20.5 Å². The number of aromatic nitrogens is 1. The standard InChI is InChI=1S/C20H16Cl2F6N4O3/c1-9-17(33)29-4-5-32(9)18(34)31-15(11-7-13(22)16(30-8-11)19(23,24)25)10-2-3-14(12(21)6-10)35-20(26,27)28/h2-3,6-9,15H,4-5H2,1H3,(H,29,33)(H,31,34)/t9-,15+/m1/s1. The molecule has 15 heteroatoms. The fourth-order valence-electron chi connectivity index (χ4n) is 3.35. The minimum absolute atomic E-state index is 0.0222. The Labute approximate surface area is 204 Å². The molecule has 0 aliphatic carbocycles. The van der Waals surface area contributed by atoms with Crippen LogP contribution in [0.15, 0.2) is 30.5 Å². The number of benzene rings is 1. The third kappa shape index (κ3) is 6.40. The van der Waals surface area contributed by atoms with Crippen LogP contribution in [0.2, 0.25) is 10.0 Å². The zero-order valence-corrected chi connectivity index (χ0v) is 19.1. The topological polar surface area (TPSA) is 83.6 Å². The Kier molecular flexibility index (Phi) is 7.60. The van der Waals surface area contributed by atoms with Gasteiger partial charge in [0.05, 0.1) is 16.1 Å². The van der Waals surface area contributed by atoms with Crippen LogP contribution < -0.4 is 15.4 Å². The van der Waals surface area contributed by atoms with Crippen LogP contribution in [0.1, 0.15) is 29.8 Å². The lowest BCUT2D eigenvalue weighted by Crippen LogP contribution is -2.58. The average molecular weight is 545 g/mol. The number of hydrogen-bond donors (Lipinski definition) is 2. The number of amides is 3. The van der Waals surface area contributed by atoms with Gasteiger partial charge in [-0.25, -0.2) is 9.78 Å². The van der Waals surface area contributed by atoms with E-state index in [1.54, 1.807) is 0 Å². The smallest absolute Gasteiger partial charge is 0.404 e. The molecule has 2 heterocycles. The number of piperazine rings is 1. The van der Waals surface area contributed by atoms with Crippen molar-refractivity contribution >= 4 is 35.1 Å². The molecule has 35 heavy (non-hydrogen) atoms. The summed E-state index contributed by atoms with van der Waals surface area (Å²) in [6.07, 6.45) is -9.04. The summed E-state index contributed by atoms with van der Waals surface area (Å²) in [5.74, 6) is -1.14. The Hall–Kier alpha value is -2.93. The predicted molar refractivity (Wildman–Crippen MR) is 112 cm³/mol. The van der Waals surface area contributed by atoms with Crippen LogP contribution in [0.25, 0.3) is 0 Å². The van der Waals surface area contributed by atoms with E-state index in [0.717, 1.165) is 30.5 Å². The summed E-state index contributed by atoms with van der Waals surface area (Å²) in [6.45, 7) is 1.78. The van der Waals surface area contributed by atoms with Gasteiger partial charge < -0.3 is 20.3 Å². The second kappa shape index (κ2) is 9.97. The minimum Gasteiger partial charge on any atom is -0.404 e. The van der Waals surface area contributed by atoms with Gasteiger partial charge in [0.2, 0.25) is 5.91 Å². The van der Waals surface area contributed by atoms with Gasteiger partial charge in [-0.2, -0.15) is 13.2 Å². The number of pyridine rings is 1. The van der Waals surface area contributed by atoms with E-state index in [1.165, 1.54) is 11.8 Å². The van der Waals surface area contributed by atoms with E-state index in [4.69, 9.17) is 23.2 Å². The van der Waals surface area contributed by atoms with E-state index in [2.05, 4.69) is 20.4 Å². The van der Waals surface area contributed by atoms with Crippen molar-refractivity contribution < 1.29 is 40.7 Å². The quantitative estimate of drug-likeness (QED) is 0.535. The molecule has 1 aromatic carbocycles. The first-order valence-electron chi connectivity index (χ1n) is 9.80. The van der Waals surface area contributed by atoms with E-state index in [-0.39, 0.29) is 24.2 Å². The molecule has 0 radical (unpaired) electrons. The van der Waals surface area contributed by atoms with Crippen LogP contribution in [0.5, 0.6) is 5.75 Å². The fraction of sp³-hybridized carbons (Fsp3) is 0.350. The van der Waals surface area contributed by atoms with Crippen LogP contribution in [0, 0.1) is 0 Å². The molecule has 3 rings (SSSR count). The molecular formula is C20H16Cl2F6N4O3. The Morgan fingerprint density at radius 1 is 1.17 bits per heavy atom. The highest BCUT2D eigenvalue weighted by Gasteiger charge is 2.37. The Balaban J connectivity index is 2.01. The molecule has 7 nitrogen and oxygen atoms in total. The zero-order chi connectivity index (χ0) is 26.1. The summed E-state index contributed by atoms with van der Waals surface area (Å²) in [6, 6.07) is 1.12. The molecule has 0 spiro atoms. The number of rotatable bonds is 4.